The molecule has 0 fully saturated rings. The molecule has 2 aromatic heterocycles. The Morgan fingerprint density at radius 1 is 1.37 bits per heavy atom. The third kappa shape index (κ3) is 2.39. The number of hydrogen-bond donors (Lipinski definition) is 1. The van der Waals surface area contributed by atoms with E-state index in [0.29, 0.717) is 12.2 Å². The van der Waals surface area contributed by atoms with Crippen molar-refractivity contribution < 1.29 is 9.52 Å². The first-order valence-corrected chi connectivity index (χ1v) is 6.44. The van der Waals surface area contributed by atoms with E-state index < -0.39 is 6.10 Å². The number of benzene rings is 1. The topological polar surface area (TPSA) is 51.2 Å². The third-order valence-corrected chi connectivity index (χ3v) is 3.21. The maximum Gasteiger partial charge on any atom is 0.134 e. The number of furan rings is 1. The van der Waals surface area contributed by atoms with E-state index in [1.807, 2.05) is 48.1 Å². The molecule has 4 heteroatoms. The quantitative estimate of drug-likeness (QED) is 0.780. The van der Waals surface area contributed by atoms with Gasteiger partial charge in [0.1, 0.15) is 17.4 Å². The van der Waals surface area contributed by atoms with Crippen molar-refractivity contribution in [1.29, 1.82) is 0 Å². The van der Waals surface area contributed by atoms with Crippen LogP contribution in [0.5, 0.6) is 0 Å². The molecule has 0 spiro atoms. The van der Waals surface area contributed by atoms with Crippen LogP contribution in [0.1, 0.15) is 24.4 Å². The van der Waals surface area contributed by atoms with E-state index in [1.54, 1.807) is 6.20 Å². The highest BCUT2D eigenvalue weighted by molar-refractivity contribution is 5.77. The van der Waals surface area contributed by atoms with Gasteiger partial charge in [-0.1, -0.05) is 18.2 Å². The van der Waals surface area contributed by atoms with Crippen LogP contribution in [-0.2, 0) is 13.0 Å². The average Bonchev–Trinajstić information content (AvgIpc) is 3.04. The highest BCUT2D eigenvalue weighted by Crippen LogP contribution is 2.25. The zero-order chi connectivity index (χ0) is 13.2. The Bertz CT molecular complexity index is 651. The minimum Gasteiger partial charge on any atom is -0.458 e. The molecule has 0 saturated heterocycles. The molecule has 0 aliphatic heterocycles. The Balaban J connectivity index is 1.81. The molecule has 1 N–H and O–H groups in total. The van der Waals surface area contributed by atoms with Gasteiger partial charge in [-0.2, -0.15) is 5.10 Å². The first kappa shape index (κ1) is 12.0. The fourth-order valence-corrected chi connectivity index (χ4v) is 2.18. The van der Waals surface area contributed by atoms with Gasteiger partial charge < -0.3 is 9.52 Å². The van der Waals surface area contributed by atoms with Gasteiger partial charge in [-0.15, -0.1) is 0 Å². The molecule has 4 nitrogen and oxygen atoms in total. The summed E-state index contributed by atoms with van der Waals surface area (Å²) in [4.78, 5) is 0. The lowest BCUT2D eigenvalue weighted by Gasteiger charge is -2.04. The lowest BCUT2D eigenvalue weighted by molar-refractivity contribution is 0.152. The number of rotatable bonds is 4. The highest BCUT2D eigenvalue weighted by Gasteiger charge is 2.14. The van der Waals surface area contributed by atoms with Gasteiger partial charge in [-0.05, 0) is 24.6 Å². The number of aromatic nitrogens is 2. The normalized spacial score (nSPS) is 12.9. The molecule has 1 aromatic carbocycles. The maximum absolute atomic E-state index is 10.2. The Kier molecular flexibility index (Phi) is 3.09. The Hall–Kier alpha value is -2.07. The van der Waals surface area contributed by atoms with Crippen molar-refractivity contribution in [2.75, 3.05) is 0 Å². The average molecular weight is 256 g/mol. The van der Waals surface area contributed by atoms with E-state index in [4.69, 9.17) is 4.42 Å². The van der Waals surface area contributed by atoms with E-state index >= 15 is 0 Å². The van der Waals surface area contributed by atoms with Crippen molar-refractivity contribution in [1.82, 2.24) is 9.78 Å². The molecule has 3 aromatic rings. The van der Waals surface area contributed by atoms with Crippen molar-refractivity contribution in [2.45, 2.75) is 26.0 Å². The second-order valence-corrected chi connectivity index (χ2v) is 4.61. The van der Waals surface area contributed by atoms with Crippen LogP contribution < -0.4 is 0 Å². The molecule has 0 bridgehead atoms. The molecule has 0 aliphatic rings. The lowest BCUT2D eigenvalue weighted by atomic mass is 10.1. The molecule has 98 valence electrons. The number of para-hydroxylation sites is 1. The fraction of sp³-hybridized carbons (Fsp3) is 0.267. The summed E-state index contributed by atoms with van der Waals surface area (Å²) in [6.07, 6.45) is 3.61. The number of fused-ring (bicyclic) bond motifs is 1. The fourth-order valence-electron chi connectivity index (χ4n) is 2.18. The maximum atomic E-state index is 10.2. The molecular formula is C15H16N2O2. The summed E-state index contributed by atoms with van der Waals surface area (Å²) in [6, 6.07) is 9.65. The number of aliphatic hydroxyl groups is 1. The molecule has 0 aliphatic carbocycles. The highest BCUT2D eigenvalue weighted by atomic mass is 16.4. The SMILES string of the molecule is CCn1cc(CC(O)c2cc3ccccc3o2)cn1. The second-order valence-electron chi connectivity index (χ2n) is 4.61. The van der Waals surface area contributed by atoms with Gasteiger partial charge in [-0.3, -0.25) is 4.68 Å². The Labute approximate surface area is 111 Å². The van der Waals surface area contributed by atoms with Gasteiger partial charge in [0.25, 0.3) is 0 Å². The molecule has 19 heavy (non-hydrogen) atoms. The molecular weight excluding hydrogens is 240 g/mol. The summed E-state index contributed by atoms with van der Waals surface area (Å²) in [5, 5.41) is 15.4. The minimum atomic E-state index is -0.637. The predicted molar refractivity (Wildman–Crippen MR) is 72.8 cm³/mol. The summed E-state index contributed by atoms with van der Waals surface area (Å²) in [5.74, 6) is 0.602. The summed E-state index contributed by atoms with van der Waals surface area (Å²) in [6.45, 7) is 2.87. The summed E-state index contributed by atoms with van der Waals surface area (Å²) in [5.41, 5.74) is 1.82. The van der Waals surface area contributed by atoms with Crippen LogP contribution in [0.3, 0.4) is 0 Å². The molecule has 1 atom stereocenters. The van der Waals surface area contributed by atoms with Crippen LogP contribution in [0, 0.1) is 0 Å². The minimum absolute atomic E-state index is 0.514. The second kappa shape index (κ2) is 4.90. The zero-order valence-electron chi connectivity index (χ0n) is 10.8. The predicted octanol–water partition coefficient (Wildman–Crippen LogP) is 2.93. The van der Waals surface area contributed by atoms with Crippen LogP contribution in [0.25, 0.3) is 11.0 Å². The van der Waals surface area contributed by atoms with Gasteiger partial charge in [0.2, 0.25) is 0 Å². The summed E-state index contributed by atoms with van der Waals surface area (Å²) >= 11 is 0. The molecule has 1 unspecified atom stereocenters. The number of nitrogens with zero attached hydrogens (tertiary/aromatic N) is 2. The first-order chi connectivity index (χ1) is 9.26. The third-order valence-electron chi connectivity index (χ3n) is 3.21. The van der Waals surface area contributed by atoms with Crippen molar-refractivity contribution >= 4 is 11.0 Å². The van der Waals surface area contributed by atoms with Gasteiger partial charge in [-0.25, -0.2) is 0 Å². The smallest absolute Gasteiger partial charge is 0.134 e. The van der Waals surface area contributed by atoms with Gasteiger partial charge in [0, 0.05) is 24.5 Å². The monoisotopic (exact) mass is 256 g/mol. The first-order valence-electron chi connectivity index (χ1n) is 6.44. The summed E-state index contributed by atoms with van der Waals surface area (Å²) in [7, 11) is 0. The van der Waals surface area contributed by atoms with Crippen LogP contribution in [-0.4, -0.2) is 14.9 Å². The Morgan fingerprint density at radius 3 is 2.95 bits per heavy atom. The van der Waals surface area contributed by atoms with Crippen molar-refractivity contribution in [3.8, 4) is 0 Å². The number of aliphatic hydroxyl groups excluding tert-OH is 1. The molecule has 0 saturated carbocycles. The number of hydrogen-bond acceptors (Lipinski definition) is 3. The van der Waals surface area contributed by atoms with Crippen LogP contribution >= 0.6 is 0 Å². The molecule has 2 heterocycles. The molecule has 0 radical (unpaired) electrons. The van der Waals surface area contributed by atoms with Crippen molar-refractivity contribution in [3.05, 3.63) is 54.0 Å². The van der Waals surface area contributed by atoms with E-state index in [2.05, 4.69) is 5.10 Å². The standard InChI is InChI=1S/C15H16N2O2/c1-2-17-10-11(9-16-17)7-13(18)15-8-12-5-3-4-6-14(12)19-15/h3-6,8-10,13,18H,2,7H2,1H3. The van der Waals surface area contributed by atoms with E-state index in [0.717, 1.165) is 23.1 Å². The Morgan fingerprint density at radius 2 is 2.21 bits per heavy atom. The van der Waals surface area contributed by atoms with Gasteiger partial charge in [0.05, 0.1) is 6.20 Å². The largest absolute Gasteiger partial charge is 0.458 e. The van der Waals surface area contributed by atoms with Crippen LogP contribution in [0.15, 0.2) is 47.1 Å². The van der Waals surface area contributed by atoms with Crippen LogP contribution in [0.4, 0.5) is 0 Å². The summed E-state index contributed by atoms with van der Waals surface area (Å²) < 4.78 is 7.51. The van der Waals surface area contributed by atoms with Crippen LogP contribution in [0.2, 0.25) is 0 Å². The zero-order valence-corrected chi connectivity index (χ0v) is 10.8. The molecule has 0 amide bonds. The van der Waals surface area contributed by atoms with Gasteiger partial charge in [0.15, 0.2) is 0 Å². The van der Waals surface area contributed by atoms with E-state index in [-0.39, 0.29) is 0 Å². The van der Waals surface area contributed by atoms with E-state index in [1.165, 1.54) is 0 Å². The molecule has 3 rings (SSSR count). The van der Waals surface area contributed by atoms with Crippen molar-refractivity contribution in [2.24, 2.45) is 0 Å². The lowest BCUT2D eigenvalue weighted by Crippen LogP contribution is -1.99. The van der Waals surface area contributed by atoms with Crippen molar-refractivity contribution in [3.63, 3.8) is 0 Å². The van der Waals surface area contributed by atoms with Gasteiger partial charge >= 0.3 is 0 Å². The number of aryl methyl sites for hydroxylation is 1. The van der Waals surface area contributed by atoms with E-state index in [9.17, 15) is 5.11 Å².